The maximum atomic E-state index is 8.27. The molecule has 64 valence electrons. The summed E-state index contributed by atoms with van der Waals surface area (Å²) in [5, 5.41) is 8.27. The Labute approximate surface area is 69.2 Å². The number of unbranched alkanes of at least 4 members (excludes halogenated alkanes) is 2. The van der Waals surface area contributed by atoms with Crippen LogP contribution < -0.4 is 0 Å². The summed E-state index contributed by atoms with van der Waals surface area (Å²) in [6, 6.07) is 2.13. The second-order valence-corrected chi connectivity index (χ2v) is 3.33. The standard InChI is InChI=1S/C9H17NO/c1-9(2,11-3)7-5-4-6-8-10/h4-7H2,1-3H3. The molecular weight excluding hydrogens is 138 g/mol. The van der Waals surface area contributed by atoms with Gasteiger partial charge in [0.2, 0.25) is 0 Å². The van der Waals surface area contributed by atoms with E-state index in [0.29, 0.717) is 6.42 Å². The summed E-state index contributed by atoms with van der Waals surface area (Å²) >= 11 is 0. The first-order valence-corrected chi connectivity index (χ1v) is 4.04. The fourth-order valence-corrected chi connectivity index (χ4v) is 0.857. The first-order valence-electron chi connectivity index (χ1n) is 4.04. The number of nitrogens with zero attached hydrogens (tertiary/aromatic N) is 1. The molecule has 0 saturated heterocycles. The van der Waals surface area contributed by atoms with Crippen LogP contribution in [0.3, 0.4) is 0 Å². The van der Waals surface area contributed by atoms with E-state index in [0.717, 1.165) is 19.3 Å². The third-order valence-corrected chi connectivity index (χ3v) is 1.87. The monoisotopic (exact) mass is 155 g/mol. The van der Waals surface area contributed by atoms with Gasteiger partial charge in [-0.3, -0.25) is 0 Å². The molecular formula is C9H17NO. The molecule has 0 aromatic carbocycles. The molecule has 0 N–H and O–H groups in total. The van der Waals surface area contributed by atoms with Crippen molar-refractivity contribution in [1.29, 1.82) is 5.26 Å². The molecule has 0 heterocycles. The van der Waals surface area contributed by atoms with Crippen molar-refractivity contribution in [3.63, 3.8) is 0 Å². The van der Waals surface area contributed by atoms with Gasteiger partial charge in [0.25, 0.3) is 0 Å². The van der Waals surface area contributed by atoms with E-state index in [2.05, 4.69) is 19.9 Å². The highest BCUT2D eigenvalue weighted by molar-refractivity contribution is 4.71. The largest absolute Gasteiger partial charge is 0.379 e. The predicted molar refractivity (Wildman–Crippen MR) is 45.2 cm³/mol. The van der Waals surface area contributed by atoms with Crippen LogP contribution in [0, 0.1) is 11.3 Å². The fraction of sp³-hybridized carbons (Fsp3) is 0.889. The van der Waals surface area contributed by atoms with Gasteiger partial charge in [0.1, 0.15) is 0 Å². The Kier molecular flexibility index (Phi) is 4.89. The molecule has 0 atom stereocenters. The summed E-state index contributed by atoms with van der Waals surface area (Å²) in [6.07, 6.45) is 3.77. The Morgan fingerprint density at radius 2 is 2.00 bits per heavy atom. The van der Waals surface area contributed by atoms with E-state index in [1.165, 1.54) is 0 Å². The van der Waals surface area contributed by atoms with Crippen molar-refractivity contribution in [3.05, 3.63) is 0 Å². The lowest BCUT2D eigenvalue weighted by atomic mass is 10.0. The molecule has 0 aliphatic heterocycles. The highest BCUT2D eigenvalue weighted by Crippen LogP contribution is 2.16. The number of methoxy groups -OCH3 is 1. The van der Waals surface area contributed by atoms with E-state index < -0.39 is 0 Å². The number of ether oxygens (including phenoxy) is 1. The summed E-state index contributed by atoms with van der Waals surface area (Å²) < 4.78 is 5.23. The molecule has 2 heteroatoms. The fourth-order valence-electron chi connectivity index (χ4n) is 0.857. The van der Waals surface area contributed by atoms with Crippen molar-refractivity contribution in [2.45, 2.75) is 45.1 Å². The molecule has 0 saturated carbocycles. The molecule has 0 aliphatic rings. The Balaban J connectivity index is 3.32. The van der Waals surface area contributed by atoms with Crippen LogP contribution >= 0.6 is 0 Å². The highest BCUT2D eigenvalue weighted by Gasteiger charge is 2.14. The lowest BCUT2D eigenvalue weighted by Gasteiger charge is -2.22. The number of nitriles is 1. The minimum Gasteiger partial charge on any atom is -0.379 e. The minimum absolute atomic E-state index is 0.0184. The molecule has 0 radical (unpaired) electrons. The first kappa shape index (κ1) is 10.4. The topological polar surface area (TPSA) is 33.0 Å². The molecule has 0 aromatic heterocycles. The lowest BCUT2D eigenvalue weighted by molar-refractivity contribution is 0.0136. The van der Waals surface area contributed by atoms with Crippen molar-refractivity contribution in [3.8, 4) is 6.07 Å². The molecule has 0 amide bonds. The van der Waals surface area contributed by atoms with Crippen molar-refractivity contribution in [2.75, 3.05) is 7.11 Å². The van der Waals surface area contributed by atoms with E-state index in [9.17, 15) is 0 Å². The Bertz CT molecular complexity index is 135. The Hall–Kier alpha value is -0.550. The average molecular weight is 155 g/mol. The number of rotatable bonds is 5. The van der Waals surface area contributed by atoms with Gasteiger partial charge in [0.15, 0.2) is 0 Å². The summed E-state index contributed by atoms with van der Waals surface area (Å²) in [5.74, 6) is 0. The van der Waals surface area contributed by atoms with Gasteiger partial charge in [0.05, 0.1) is 11.7 Å². The highest BCUT2D eigenvalue weighted by atomic mass is 16.5. The molecule has 0 unspecified atom stereocenters. The van der Waals surface area contributed by atoms with Gasteiger partial charge in [-0.1, -0.05) is 0 Å². The van der Waals surface area contributed by atoms with E-state index in [-0.39, 0.29) is 5.60 Å². The molecule has 0 fully saturated rings. The van der Waals surface area contributed by atoms with Crippen LogP contribution in [0.1, 0.15) is 39.5 Å². The van der Waals surface area contributed by atoms with Gasteiger partial charge in [-0.05, 0) is 33.1 Å². The smallest absolute Gasteiger partial charge is 0.0622 e. The first-order chi connectivity index (χ1) is 5.12. The quantitative estimate of drug-likeness (QED) is 0.571. The van der Waals surface area contributed by atoms with Gasteiger partial charge in [0, 0.05) is 13.5 Å². The second kappa shape index (κ2) is 5.15. The van der Waals surface area contributed by atoms with Gasteiger partial charge < -0.3 is 4.74 Å². The van der Waals surface area contributed by atoms with Crippen molar-refractivity contribution < 1.29 is 4.74 Å². The van der Waals surface area contributed by atoms with Crippen molar-refractivity contribution in [1.82, 2.24) is 0 Å². The number of hydrogen-bond donors (Lipinski definition) is 0. The summed E-state index contributed by atoms with van der Waals surface area (Å²) in [6.45, 7) is 4.14. The van der Waals surface area contributed by atoms with Crippen LogP contribution in [-0.4, -0.2) is 12.7 Å². The van der Waals surface area contributed by atoms with Crippen LogP contribution in [0.2, 0.25) is 0 Å². The molecule has 0 spiro atoms. The SMILES string of the molecule is COC(C)(C)CCCCC#N. The normalized spacial score (nSPS) is 11.1. The maximum absolute atomic E-state index is 8.27. The number of hydrogen-bond acceptors (Lipinski definition) is 2. The zero-order valence-electron chi connectivity index (χ0n) is 7.68. The van der Waals surface area contributed by atoms with Crippen molar-refractivity contribution >= 4 is 0 Å². The van der Waals surface area contributed by atoms with E-state index in [1.54, 1.807) is 7.11 Å². The third-order valence-electron chi connectivity index (χ3n) is 1.87. The van der Waals surface area contributed by atoms with Crippen LogP contribution in [0.15, 0.2) is 0 Å². The zero-order chi connectivity index (χ0) is 8.74. The lowest BCUT2D eigenvalue weighted by Crippen LogP contribution is -2.21. The van der Waals surface area contributed by atoms with Gasteiger partial charge >= 0.3 is 0 Å². The average Bonchev–Trinajstić information content (AvgIpc) is 1.99. The van der Waals surface area contributed by atoms with Gasteiger partial charge in [-0.2, -0.15) is 5.26 Å². The molecule has 0 bridgehead atoms. The van der Waals surface area contributed by atoms with Crippen LogP contribution in [0.4, 0.5) is 0 Å². The molecule has 0 rings (SSSR count). The van der Waals surface area contributed by atoms with Gasteiger partial charge in [-0.15, -0.1) is 0 Å². The van der Waals surface area contributed by atoms with E-state index in [4.69, 9.17) is 10.00 Å². The van der Waals surface area contributed by atoms with Crippen LogP contribution in [0.25, 0.3) is 0 Å². The zero-order valence-corrected chi connectivity index (χ0v) is 7.68. The summed E-state index contributed by atoms with van der Waals surface area (Å²) in [4.78, 5) is 0. The predicted octanol–water partition coefficient (Wildman–Crippen LogP) is 2.50. The summed E-state index contributed by atoms with van der Waals surface area (Å²) in [5.41, 5.74) is -0.0184. The van der Waals surface area contributed by atoms with Crippen molar-refractivity contribution in [2.24, 2.45) is 0 Å². The maximum Gasteiger partial charge on any atom is 0.0622 e. The third kappa shape index (κ3) is 5.87. The van der Waals surface area contributed by atoms with Gasteiger partial charge in [-0.25, -0.2) is 0 Å². The summed E-state index contributed by atoms with van der Waals surface area (Å²) in [7, 11) is 1.73. The molecule has 2 nitrogen and oxygen atoms in total. The molecule has 0 aliphatic carbocycles. The Morgan fingerprint density at radius 1 is 1.36 bits per heavy atom. The van der Waals surface area contributed by atoms with Crippen LogP contribution in [-0.2, 0) is 4.74 Å². The minimum atomic E-state index is -0.0184. The van der Waals surface area contributed by atoms with E-state index in [1.807, 2.05) is 0 Å². The Morgan fingerprint density at radius 3 is 2.45 bits per heavy atom. The van der Waals surface area contributed by atoms with E-state index >= 15 is 0 Å². The second-order valence-electron chi connectivity index (χ2n) is 3.33. The molecule has 11 heavy (non-hydrogen) atoms. The van der Waals surface area contributed by atoms with Crippen LogP contribution in [0.5, 0.6) is 0 Å². The molecule has 0 aromatic rings.